The molecule has 2 aromatic carbocycles. The summed E-state index contributed by atoms with van der Waals surface area (Å²) >= 11 is 1.49. The number of imidazole rings is 1. The second-order valence-corrected chi connectivity index (χ2v) is 10.7. The monoisotopic (exact) mass is 429 g/mol. The molecule has 1 N–H and O–H groups in total. The van der Waals surface area contributed by atoms with E-state index in [-0.39, 0.29) is 22.7 Å². The SMILES string of the molecule is O=C(NCCCn1cnc2ccccc21)c1ccccc1SC1CCS(=O)(=O)C1. The van der Waals surface area contributed by atoms with Gasteiger partial charge in [0, 0.05) is 23.2 Å². The molecule has 0 aliphatic carbocycles. The highest BCUT2D eigenvalue weighted by molar-refractivity contribution is 8.02. The van der Waals surface area contributed by atoms with E-state index in [1.54, 1.807) is 6.07 Å². The molecule has 1 aromatic heterocycles. The van der Waals surface area contributed by atoms with Crippen molar-refractivity contribution in [2.24, 2.45) is 0 Å². The fourth-order valence-corrected chi connectivity index (χ4v) is 7.15. The van der Waals surface area contributed by atoms with Gasteiger partial charge in [0.1, 0.15) is 0 Å². The van der Waals surface area contributed by atoms with Crippen molar-refractivity contribution in [2.45, 2.75) is 29.5 Å². The van der Waals surface area contributed by atoms with E-state index in [0.717, 1.165) is 28.9 Å². The number of benzene rings is 2. The van der Waals surface area contributed by atoms with Crippen LogP contribution in [0.25, 0.3) is 11.0 Å². The van der Waals surface area contributed by atoms with Gasteiger partial charge in [-0.15, -0.1) is 11.8 Å². The number of hydrogen-bond acceptors (Lipinski definition) is 5. The van der Waals surface area contributed by atoms with Crippen LogP contribution < -0.4 is 5.32 Å². The van der Waals surface area contributed by atoms with Crippen molar-refractivity contribution in [3.8, 4) is 0 Å². The van der Waals surface area contributed by atoms with E-state index in [0.29, 0.717) is 18.5 Å². The number of carbonyl (C=O) groups is 1. The molecule has 1 unspecified atom stereocenters. The number of carbonyl (C=O) groups excluding carboxylic acids is 1. The van der Waals surface area contributed by atoms with Crippen LogP contribution in [-0.4, -0.2) is 47.2 Å². The summed E-state index contributed by atoms with van der Waals surface area (Å²) in [5.74, 6) is 0.304. The average Bonchev–Trinajstić information content (AvgIpc) is 3.28. The molecular formula is C21H23N3O3S2. The predicted molar refractivity (Wildman–Crippen MR) is 116 cm³/mol. The highest BCUT2D eigenvalue weighted by Gasteiger charge is 2.29. The number of nitrogens with one attached hydrogen (secondary N) is 1. The lowest BCUT2D eigenvalue weighted by Gasteiger charge is -2.13. The number of rotatable bonds is 7. The standard InChI is InChI=1S/C21H23N3O3S2/c25-21(22-11-5-12-24-15-23-18-7-2-3-8-19(18)24)17-6-1-4-9-20(17)28-16-10-13-29(26,27)14-16/h1-4,6-9,15-16H,5,10-14H2,(H,22,25). The largest absolute Gasteiger partial charge is 0.352 e. The normalized spacial score (nSPS) is 18.1. The smallest absolute Gasteiger partial charge is 0.252 e. The zero-order valence-corrected chi connectivity index (χ0v) is 17.6. The number of sulfone groups is 1. The van der Waals surface area contributed by atoms with Crippen LogP contribution in [0.2, 0.25) is 0 Å². The number of amides is 1. The van der Waals surface area contributed by atoms with Crippen LogP contribution in [0.5, 0.6) is 0 Å². The molecule has 2 heterocycles. The Morgan fingerprint density at radius 2 is 1.97 bits per heavy atom. The summed E-state index contributed by atoms with van der Waals surface area (Å²) in [5.41, 5.74) is 2.67. The van der Waals surface area contributed by atoms with Crippen LogP contribution >= 0.6 is 11.8 Å². The number of aromatic nitrogens is 2. The first-order chi connectivity index (χ1) is 14.0. The fourth-order valence-electron chi connectivity index (χ4n) is 3.53. The summed E-state index contributed by atoms with van der Waals surface area (Å²) in [6, 6.07) is 15.4. The Morgan fingerprint density at radius 1 is 1.17 bits per heavy atom. The maximum absolute atomic E-state index is 12.7. The maximum Gasteiger partial charge on any atom is 0.252 e. The molecule has 0 radical (unpaired) electrons. The van der Waals surface area contributed by atoms with E-state index in [4.69, 9.17) is 0 Å². The van der Waals surface area contributed by atoms with Gasteiger partial charge in [-0.25, -0.2) is 13.4 Å². The zero-order valence-electron chi connectivity index (χ0n) is 16.0. The molecule has 1 amide bonds. The molecule has 1 aliphatic rings. The summed E-state index contributed by atoms with van der Waals surface area (Å²) in [5, 5.41) is 3.00. The predicted octanol–water partition coefficient (Wildman–Crippen LogP) is 3.14. The third-order valence-electron chi connectivity index (χ3n) is 5.00. The van der Waals surface area contributed by atoms with Crippen molar-refractivity contribution in [1.82, 2.24) is 14.9 Å². The minimum atomic E-state index is -2.93. The second kappa shape index (κ2) is 8.59. The maximum atomic E-state index is 12.7. The average molecular weight is 430 g/mol. The Kier molecular flexibility index (Phi) is 5.91. The van der Waals surface area contributed by atoms with Gasteiger partial charge < -0.3 is 9.88 Å². The third-order valence-corrected chi connectivity index (χ3v) is 8.33. The molecule has 1 atom stereocenters. The summed E-state index contributed by atoms with van der Waals surface area (Å²) in [7, 11) is -2.93. The van der Waals surface area contributed by atoms with Gasteiger partial charge in [0.15, 0.2) is 9.84 Å². The van der Waals surface area contributed by atoms with E-state index in [1.807, 2.05) is 48.8 Å². The minimum Gasteiger partial charge on any atom is -0.352 e. The van der Waals surface area contributed by atoms with Crippen LogP contribution in [0.15, 0.2) is 59.8 Å². The van der Waals surface area contributed by atoms with E-state index in [9.17, 15) is 13.2 Å². The molecular weight excluding hydrogens is 406 g/mol. The summed E-state index contributed by atoms with van der Waals surface area (Å²) in [4.78, 5) is 17.9. The third kappa shape index (κ3) is 4.82. The summed E-state index contributed by atoms with van der Waals surface area (Å²) in [6.45, 7) is 1.33. The van der Waals surface area contributed by atoms with Gasteiger partial charge in [0.05, 0.1) is 34.4 Å². The molecule has 0 bridgehead atoms. The van der Waals surface area contributed by atoms with E-state index in [2.05, 4.69) is 14.9 Å². The van der Waals surface area contributed by atoms with Gasteiger partial charge in [-0.2, -0.15) is 0 Å². The lowest BCUT2D eigenvalue weighted by Crippen LogP contribution is -2.26. The lowest BCUT2D eigenvalue weighted by atomic mass is 10.2. The number of fused-ring (bicyclic) bond motifs is 1. The molecule has 0 saturated carbocycles. The molecule has 1 aliphatic heterocycles. The first kappa shape index (κ1) is 20.0. The summed E-state index contributed by atoms with van der Waals surface area (Å²) in [6.07, 6.45) is 3.26. The Morgan fingerprint density at radius 3 is 2.79 bits per heavy atom. The highest BCUT2D eigenvalue weighted by Crippen LogP contribution is 2.33. The van der Waals surface area contributed by atoms with E-state index < -0.39 is 9.84 Å². The first-order valence-electron chi connectivity index (χ1n) is 9.66. The Hall–Kier alpha value is -2.32. The Balaban J connectivity index is 1.33. The van der Waals surface area contributed by atoms with Crippen molar-refractivity contribution < 1.29 is 13.2 Å². The number of para-hydroxylation sites is 2. The second-order valence-electron chi connectivity index (χ2n) is 7.18. The lowest BCUT2D eigenvalue weighted by molar-refractivity contribution is 0.0950. The van der Waals surface area contributed by atoms with Crippen molar-refractivity contribution >= 4 is 38.5 Å². The van der Waals surface area contributed by atoms with Crippen LogP contribution in [0.3, 0.4) is 0 Å². The van der Waals surface area contributed by atoms with Crippen molar-refractivity contribution in [3.05, 3.63) is 60.4 Å². The minimum absolute atomic E-state index is 0.0171. The van der Waals surface area contributed by atoms with Gasteiger partial charge in [-0.05, 0) is 37.1 Å². The van der Waals surface area contributed by atoms with Crippen LogP contribution in [0.1, 0.15) is 23.2 Å². The first-order valence-corrected chi connectivity index (χ1v) is 12.4. The van der Waals surface area contributed by atoms with Gasteiger partial charge in [0.2, 0.25) is 0 Å². The molecule has 1 fully saturated rings. The molecule has 6 nitrogen and oxygen atoms in total. The van der Waals surface area contributed by atoms with Crippen LogP contribution in [0, 0.1) is 0 Å². The highest BCUT2D eigenvalue weighted by atomic mass is 32.2. The number of aryl methyl sites for hydroxylation is 1. The Bertz CT molecular complexity index is 1120. The van der Waals surface area contributed by atoms with Crippen molar-refractivity contribution in [1.29, 1.82) is 0 Å². The quantitative estimate of drug-likeness (QED) is 0.584. The number of nitrogens with zero attached hydrogens (tertiary/aromatic N) is 2. The van der Waals surface area contributed by atoms with Gasteiger partial charge >= 0.3 is 0 Å². The molecule has 29 heavy (non-hydrogen) atoms. The molecule has 3 aromatic rings. The number of thioether (sulfide) groups is 1. The zero-order chi connectivity index (χ0) is 20.3. The van der Waals surface area contributed by atoms with E-state index >= 15 is 0 Å². The molecule has 0 spiro atoms. The van der Waals surface area contributed by atoms with Gasteiger partial charge in [0.25, 0.3) is 5.91 Å². The van der Waals surface area contributed by atoms with Crippen LogP contribution in [0.4, 0.5) is 0 Å². The summed E-state index contributed by atoms with van der Waals surface area (Å²) < 4.78 is 25.5. The van der Waals surface area contributed by atoms with Gasteiger partial charge in [-0.1, -0.05) is 24.3 Å². The van der Waals surface area contributed by atoms with Crippen molar-refractivity contribution in [3.63, 3.8) is 0 Å². The molecule has 1 saturated heterocycles. The van der Waals surface area contributed by atoms with E-state index in [1.165, 1.54) is 11.8 Å². The van der Waals surface area contributed by atoms with Crippen molar-refractivity contribution in [2.75, 3.05) is 18.1 Å². The molecule has 8 heteroatoms. The fraction of sp³-hybridized carbons (Fsp3) is 0.333. The molecule has 152 valence electrons. The van der Waals surface area contributed by atoms with Crippen LogP contribution in [-0.2, 0) is 16.4 Å². The number of hydrogen-bond donors (Lipinski definition) is 1. The van der Waals surface area contributed by atoms with Gasteiger partial charge in [-0.3, -0.25) is 4.79 Å². The molecule has 4 rings (SSSR count). The Labute approximate surface area is 174 Å². The topological polar surface area (TPSA) is 81.1 Å².